The van der Waals surface area contributed by atoms with Gasteiger partial charge in [0.1, 0.15) is 0 Å². The second kappa shape index (κ2) is 9.13. The number of aryl methyl sites for hydroxylation is 1. The molecular formula is C24H29N5O. The summed E-state index contributed by atoms with van der Waals surface area (Å²) in [6.45, 7) is 6.89. The summed E-state index contributed by atoms with van der Waals surface area (Å²) < 4.78 is 1.86. The molecule has 0 radical (unpaired) electrons. The van der Waals surface area contributed by atoms with E-state index in [1.807, 2.05) is 67.1 Å². The van der Waals surface area contributed by atoms with Crippen LogP contribution in [0.5, 0.6) is 0 Å². The standard InChI is InChI=1S/C24H29N5O/c1-18-23(19(2)29(27-18)21-13-7-4-8-14-21)26-24(30)25-22(17-28-15-9-10-16-28)20-11-5-3-6-12-20/h3-8,11-14,22H,9-10,15-17H2,1-2H3,(H2,25,26,30). The number of aromatic nitrogens is 2. The largest absolute Gasteiger partial charge is 0.330 e. The van der Waals surface area contributed by atoms with Crippen molar-refractivity contribution in [1.82, 2.24) is 20.0 Å². The Balaban J connectivity index is 1.50. The zero-order valence-corrected chi connectivity index (χ0v) is 17.6. The third-order valence-electron chi connectivity index (χ3n) is 5.68. The number of nitrogens with one attached hydrogen (secondary N) is 2. The zero-order chi connectivity index (χ0) is 20.9. The second-order valence-electron chi connectivity index (χ2n) is 7.86. The Labute approximate surface area is 177 Å². The van der Waals surface area contributed by atoms with Crippen molar-refractivity contribution in [3.8, 4) is 5.69 Å². The van der Waals surface area contributed by atoms with Crippen molar-refractivity contribution >= 4 is 11.7 Å². The molecule has 156 valence electrons. The summed E-state index contributed by atoms with van der Waals surface area (Å²) in [4.78, 5) is 15.4. The Hall–Kier alpha value is -3.12. The first-order valence-corrected chi connectivity index (χ1v) is 10.6. The van der Waals surface area contributed by atoms with Gasteiger partial charge < -0.3 is 15.5 Å². The van der Waals surface area contributed by atoms with Crippen LogP contribution in [0.15, 0.2) is 60.7 Å². The van der Waals surface area contributed by atoms with Gasteiger partial charge in [0, 0.05) is 6.54 Å². The molecule has 0 bridgehead atoms. The second-order valence-corrected chi connectivity index (χ2v) is 7.86. The summed E-state index contributed by atoms with van der Waals surface area (Å²) in [5.74, 6) is 0. The molecule has 1 aromatic heterocycles. The maximum Gasteiger partial charge on any atom is 0.319 e. The SMILES string of the molecule is Cc1nn(-c2ccccc2)c(C)c1NC(=O)NC(CN1CCCC1)c1ccccc1. The van der Waals surface area contributed by atoms with Gasteiger partial charge in [0.05, 0.1) is 28.8 Å². The van der Waals surface area contributed by atoms with Crippen LogP contribution in [0.25, 0.3) is 5.69 Å². The zero-order valence-electron chi connectivity index (χ0n) is 17.6. The fraction of sp³-hybridized carbons (Fsp3) is 0.333. The molecule has 1 fully saturated rings. The number of rotatable bonds is 6. The molecule has 1 saturated heterocycles. The maximum atomic E-state index is 12.9. The predicted octanol–water partition coefficient (Wildman–Crippen LogP) is 4.45. The Morgan fingerprint density at radius 1 is 1.00 bits per heavy atom. The minimum atomic E-state index is -0.207. The average Bonchev–Trinajstić information content (AvgIpc) is 3.38. The molecule has 1 aliphatic rings. The van der Waals surface area contributed by atoms with E-state index in [1.54, 1.807) is 0 Å². The Morgan fingerprint density at radius 2 is 1.63 bits per heavy atom. The lowest BCUT2D eigenvalue weighted by Crippen LogP contribution is -2.39. The van der Waals surface area contributed by atoms with Crippen molar-refractivity contribution in [1.29, 1.82) is 0 Å². The van der Waals surface area contributed by atoms with Crippen molar-refractivity contribution in [2.24, 2.45) is 0 Å². The monoisotopic (exact) mass is 403 g/mol. The summed E-state index contributed by atoms with van der Waals surface area (Å²) in [7, 11) is 0. The molecule has 0 aliphatic carbocycles. The number of hydrogen-bond donors (Lipinski definition) is 2. The van der Waals surface area contributed by atoms with Crippen LogP contribution in [0, 0.1) is 13.8 Å². The highest BCUT2D eigenvalue weighted by Crippen LogP contribution is 2.23. The molecular weight excluding hydrogens is 374 g/mol. The lowest BCUT2D eigenvalue weighted by atomic mass is 10.1. The molecule has 6 nitrogen and oxygen atoms in total. The molecule has 1 unspecified atom stereocenters. The predicted molar refractivity (Wildman–Crippen MR) is 120 cm³/mol. The van der Waals surface area contributed by atoms with Crippen LogP contribution in [-0.4, -0.2) is 40.3 Å². The van der Waals surface area contributed by atoms with Crippen LogP contribution in [0.4, 0.5) is 10.5 Å². The lowest BCUT2D eigenvalue weighted by molar-refractivity contribution is 0.240. The van der Waals surface area contributed by atoms with Gasteiger partial charge in [-0.1, -0.05) is 48.5 Å². The van der Waals surface area contributed by atoms with E-state index in [4.69, 9.17) is 0 Å². The number of benzene rings is 2. The molecule has 4 rings (SSSR count). The fourth-order valence-electron chi connectivity index (χ4n) is 4.10. The van der Waals surface area contributed by atoms with Crippen molar-refractivity contribution in [2.75, 3.05) is 25.0 Å². The molecule has 2 aromatic carbocycles. The number of carbonyl (C=O) groups excluding carboxylic acids is 1. The van der Waals surface area contributed by atoms with Gasteiger partial charge in [-0.05, 0) is 57.5 Å². The van der Waals surface area contributed by atoms with E-state index >= 15 is 0 Å². The Morgan fingerprint density at radius 3 is 2.30 bits per heavy atom. The minimum absolute atomic E-state index is 0.0610. The van der Waals surface area contributed by atoms with Crippen LogP contribution in [0.3, 0.4) is 0 Å². The summed E-state index contributed by atoms with van der Waals surface area (Å²) in [6.07, 6.45) is 2.45. The van der Waals surface area contributed by atoms with Crippen molar-refractivity contribution in [2.45, 2.75) is 32.7 Å². The van der Waals surface area contributed by atoms with E-state index in [0.717, 1.165) is 48.0 Å². The number of amides is 2. The highest BCUT2D eigenvalue weighted by Gasteiger charge is 2.22. The van der Waals surface area contributed by atoms with Crippen molar-refractivity contribution < 1.29 is 4.79 Å². The quantitative estimate of drug-likeness (QED) is 0.639. The smallest absolute Gasteiger partial charge is 0.319 e. The van der Waals surface area contributed by atoms with E-state index < -0.39 is 0 Å². The molecule has 2 N–H and O–H groups in total. The summed E-state index contributed by atoms with van der Waals surface area (Å²) in [6, 6.07) is 19.9. The number of likely N-dealkylation sites (tertiary alicyclic amines) is 1. The first kappa shape index (κ1) is 20.2. The molecule has 1 atom stereocenters. The average molecular weight is 404 g/mol. The van der Waals surface area contributed by atoms with E-state index in [9.17, 15) is 4.79 Å². The van der Waals surface area contributed by atoms with E-state index in [1.165, 1.54) is 12.8 Å². The maximum absolute atomic E-state index is 12.9. The van der Waals surface area contributed by atoms with Crippen LogP contribution < -0.4 is 10.6 Å². The molecule has 3 aromatic rings. The first-order valence-electron chi connectivity index (χ1n) is 10.6. The Bertz CT molecular complexity index is 978. The van der Waals surface area contributed by atoms with Crippen molar-refractivity contribution in [3.63, 3.8) is 0 Å². The van der Waals surface area contributed by atoms with Gasteiger partial charge in [-0.25, -0.2) is 9.48 Å². The molecule has 6 heteroatoms. The number of carbonyl (C=O) groups is 1. The third kappa shape index (κ3) is 4.54. The van der Waals surface area contributed by atoms with Gasteiger partial charge in [0.2, 0.25) is 0 Å². The van der Waals surface area contributed by atoms with E-state index in [2.05, 4.69) is 32.8 Å². The number of urea groups is 1. The van der Waals surface area contributed by atoms with Gasteiger partial charge in [-0.2, -0.15) is 5.10 Å². The molecule has 30 heavy (non-hydrogen) atoms. The first-order chi connectivity index (χ1) is 14.6. The number of hydrogen-bond acceptors (Lipinski definition) is 3. The number of para-hydroxylation sites is 1. The highest BCUT2D eigenvalue weighted by atomic mass is 16.2. The molecule has 2 amide bonds. The van der Waals surface area contributed by atoms with Crippen LogP contribution >= 0.6 is 0 Å². The van der Waals surface area contributed by atoms with Crippen LogP contribution in [-0.2, 0) is 0 Å². The summed E-state index contributed by atoms with van der Waals surface area (Å²) in [5, 5.41) is 10.8. The third-order valence-corrected chi connectivity index (χ3v) is 5.68. The van der Waals surface area contributed by atoms with Gasteiger partial charge in [-0.3, -0.25) is 0 Å². The Kier molecular flexibility index (Phi) is 6.14. The van der Waals surface area contributed by atoms with Gasteiger partial charge in [-0.15, -0.1) is 0 Å². The summed E-state index contributed by atoms with van der Waals surface area (Å²) >= 11 is 0. The normalized spacial score (nSPS) is 15.1. The molecule has 0 spiro atoms. The van der Waals surface area contributed by atoms with Gasteiger partial charge in [0.25, 0.3) is 0 Å². The van der Waals surface area contributed by atoms with E-state index in [0.29, 0.717) is 0 Å². The van der Waals surface area contributed by atoms with Crippen molar-refractivity contribution in [3.05, 3.63) is 77.6 Å². The van der Waals surface area contributed by atoms with Gasteiger partial charge in [0.15, 0.2) is 0 Å². The highest BCUT2D eigenvalue weighted by molar-refractivity contribution is 5.91. The fourth-order valence-corrected chi connectivity index (χ4v) is 4.10. The summed E-state index contributed by atoms with van der Waals surface area (Å²) in [5.41, 5.74) is 4.55. The molecule has 0 saturated carbocycles. The van der Waals surface area contributed by atoms with E-state index in [-0.39, 0.29) is 12.1 Å². The topological polar surface area (TPSA) is 62.2 Å². The number of nitrogens with zero attached hydrogens (tertiary/aromatic N) is 3. The minimum Gasteiger partial charge on any atom is -0.330 e. The molecule has 1 aliphatic heterocycles. The molecule has 2 heterocycles. The van der Waals surface area contributed by atoms with Gasteiger partial charge >= 0.3 is 6.03 Å². The van der Waals surface area contributed by atoms with Crippen LogP contribution in [0.2, 0.25) is 0 Å². The van der Waals surface area contributed by atoms with Crippen LogP contribution in [0.1, 0.15) is 35.8 Å². The number of anilines is 1. The lowest BCUT2D eigenvalue weighted by Gasteiger charge is -2.25.